The Kier molecular flexibility index (Phi) is 8.13. The van der Waals surface area contributed by atoms with Crippen LogP contribution < -0.4 is 5.32 Å². The second-order valence-corrected chi connectivity index (χ2v) is 9.11. The van der Waals surface area contributed by atoms with Crippen LogP contribution in [0.5, 0.6) is 0 Å². The largest absolute Gasteiger partial charge is 0.401 e. The highest BCUT2D eigenvalue weighted by Gasteiger charge is 2.37. The average molecular weight is 511 g/mol. The van der Waals surface area contributed by atoms with Gasteiger partial charge in [0.1, 0.15) is 5.00 Å². The van der Waals surface area contributed by atoms with Gasteiger partial charge in [-0.3, -0.25) is 14.4 Å². The van der Waals surface area contributed by atoms with E-state index in [4.69, 9.17) is 0 Å². The SMILES string of the molecule is CC.Cc1cn2c(-c3cn[nH]c3)cnc2c(Nc2cc(CN(CC(F)(F)F)C(C)(C)CO)ns2)n1. The van der Waals surface area contributed by atoms with E-state index in [1.807, 2.05) is 31.4 Å². The van der Waals surface area contributed by atoms with Crippen molar-refractivity contribution in [2.24, 2.45) is 0 Å². The highest BCUT2D eigenvalue weighted by atomic mass is 32.1. The fraction of sp³-hybridized carbons (Fsp3) is 0.455. The summed E-state index contributed by atoms with van der Waals surface area (Å²) in [5.41, 5.74) is 2.45. The van der Waals surface area contributed by atoms with Crippen molar-refractivity contribution in [3.63, 3.8) is 0 Å². The Bertz CT molecular complexity index is 1230. The summed E-state index contributed by atoms with van der Waals surface area (Å²) in [6, 6.07) is 1.68. The Morgan fingerprint density at radius 2 is 1.97 bits per heavy atom. The van der Waals surface area contributed by atoms with Crippen LogP contribution in [0.2, 0.25) is 0 Å². The number of nitrogens with one attached hydrogen (secondary N) is 2. The second kappa shape index (κ2) is 10.7. The molecular formula is C22H29F3N8OS. The summed E-state index contributed by atoms with van der Waals surface area (Å²) >= 11 is 1.12. The van der Waals surface area contributed by atoms with Gasteiger partial charge in [-0.15, -0.1) is 0 Å². The average Bonchev–Trinajstić information content (AvgIpc) is 3.54. The van der Waals surface area contributed by atoms with Crippen LogP contribution in [0.3, 0.4) is 0 Å². The summed E-state index contributed by atoms with van der Waals surface area (Å²) in [5, 5.41) is 20.1. The highest BCUT2D eigenvalue weighted by molar-refractivity contribution is 7.10. The number of aromatic amines is 1. The van der Waals surface area contributed by atoms with Crippen LogP contribution in [0.25, 0.3) is 16.9 Å². The van der Waals surface area contributed by atoms with Gasteiger partial charge in [0.15, 0.2) is 11.5 Å². The number of hydrogen-bond donors (Lipinski definition) is 3. The van der Waals surface area contributed by atoms with E-state index in [-0.39, 0.29) is 6.54 Å². The number of imidazole rings is 1. The number of nitrogens with zero attached hydrogens (tertiary/aromatic N) is 6. The van der Waals surface area contributed by atoms with Gasteiger partial charge in [0, 0.05) is 30.0 Å². The smallest absolute Gasteiger partial charge is 0.394 e. The molecular weight excluding hydrogens is 481 g/mol. The third-order valence-corrected chi connectivity index (χ3v) is 5.92. The number of anilines is 2. The van der Waals surface area contributed by atoms with Crippen LogP contribution in [-0.2, 0) is 6.54 Å². The van der Waals surface area contributed by atoms with Gasteiger partial charge in [-0.05, 0) is 38.4 Å². The van der Waals surface area contributed by atoms with Gasteiger partial charge in [0.25, 0.3) is 0 Å². The van der Waals surface area contributed by atoms with Gasteiger partial charge >= 0.3 is 6.18 Å². The van der Waals surface area contributed by atoms with Crippen molar-refractivity contribution in [1.29, 1.82) is 0 Å². The molecule has 0 spiro atoms. The van der Waals surface area contributed by atoms with Gasteiger partial charge in [-0.1, -0.05) is 13.8 Å². The summed E-state index contributed by atoms with van der Waals surface area (Å²) in [7, 11) is 0. The lowest BCUT2D eigenvalue weighted by atomic mass is 10.0. The molecule has 0 aliphatic rings. The number of alkyl halides is 3. The van der Waals surface area contributed by atoms with Crippen molar-refractivity contribution in [2.75, 3.05) is 18.5 Å². The summed E-state index contributed by atoms with van der Waals surface area (Å²) in [5.74, 6) is 0.503. The van der Waals surface area contributed by atoms with Gasteiger partial charge in [0.05, 0.1) is 42.6 Å². The number of H-pyrrole nitrogens is 1. The van der Waals surface area contributed by atoms with E-state index in [0.717, 1.165) is 28.5 Å². The molecule has 4 heterocycles. The number of aryl methyl sites for hydroxylation is 1. The molecule has 35 heavy (non-hydrogen) atoms. The lowest BCUT2D eigenvalue weighted by Gasteiger charge is -2.37. The van der Waals surface area contributed by atoms with Gasteiger partial charge in [-0.2, -0.15) is 22.6 Å². The number of fused-ring (bicyclic) bond motifs is 1. The molecule has 4 aromatic heterocycles. The first-order chi connectivity index (χ1) is 16.6. The first-order valence-electron chi connectivity index (χ1n) is 11.0. The first-order valence-corrected chi connectivity index (χ1v) is 11.8. The maximum atomic E-state index is 13.1. The Labute approximate surface area is 205 Å². The number of rotatable bonds is 8. The van der Waals surface area contributed by atoms with Crippen molar-refractivity contribution < 1.29 is 18.3 Å². The molecule has 0 saturated carbocycles. The lowest BCUT2D eigenvalue weighted by Crippen LogP contribution is -2.50. The minimum absolute atomic E-state index is 0.0596. The zero-order valence-electron chi connectivity index (χ0n) is 20.2. The van der Waals surface area contributed by atoms with Crippen LogP contribution in [0.1, 0.15) is 39.1 Å². The molecule has 0 aliphatic heterocycles. The van der Waals surface area contributed by atoms with Gasteiger partial charge < -0.3 is 10.4 Å². The van der Waals surface area contributed by atoms with Crippen LogP contribution in [0.4, 0.5) is 24.0 Å². The molecule has 0 bridgehead atoms. The van der Waals surface area contributed by atoms with E-state index in [1.54, 1.807) is 38.5 Å². The van der Waals surface area contributed by atoms with E-state index in [9.17, 15) is 18.3 Å². The summed E-state index contributed by atoms with van der Waals surface area (Å²) in [6.45, 7) is 7.36. The Hall–Kier alpha value is -3.03. The molecule has 4 aromatic rings. The molecule has 0 unspecified atom stereocenters. The maximum absolute atomic E-state index is 13.1. The fourth-order valence-corrected chi connectivity index (χ4v) is 4.01. The third kappa shape index (κ3) is 6.35. The van der Waals surface area contributed by atoms with Gasteiger partial charge in [-0.25, -0.2) is 9.97 Å². The predicted molar refractivity (Wildman–Crippen MR) is 130 cm³/mol. The summed E-state index contributed by atoms with van der Waals surface area (Å²) < 4.78 is 45.4. The van der Waals surface area contributed by atoms with Crippen LogP contribution in [0.15, 0.2) is 30.9 Å². The zero-order valence-corrected chi connectivity index (χ0v) is 21.0. The van der Waals surface area contributed by atoms with Gasteiger partial charge in [0.2, 0.25) is 0 Å². The molecule has 0 amide bonds. The van der Waals surface area contributed by atoms with Crippen molar-refractivity contribution in [2.45, 2.75) is 52.9 Å². The molecule has 190 valence electrons. The van der Waals surface area contributed by atoms with Crippen LogP contribution in [0, 0.1) is 6.92 Å². The normalized spacial score (nSPS) is 12.2. The maximum Gasteiger partial charge on any atom is 0.401 e. The molecule has 0 radical (unpaired) electrons. The molecule has 0 atom stereocenters. The molecule has 0 aromatic carbocycles. The second-order valence-electron chi connectivity index (χ2n) is 8.30. The molecule has 13 heteroatoms. The van der Waals surface area contributed by atoms with Crippen molar-refractivity contribution in [1.82, 2.24) is 33.8 Å². The predicted octanol–water partition coefficient (Wildman–Crippen LogP) is 4.79. The number of hydrogen-bond acceptors (Lipinski definition) is 8. The standard InChI is InChI=1S/C20H23F3N8OS.C2H6/c1-12-8-31-15(13-5-25-26-6-13)7-24-18(31)17(27-12)28-16-4-14(29-33-16)9-30(10-20(21,22)23)19(2,3)11-32;1-2/h4-8,32H,9-11H2,1-3H3,(H,25,26)(H,27,28);1-2H3. The molecule has 0 fully saturated rings. The Morgan fingerprint density at radius 1 is 1.23 bits per heavy atom. The lowest BCUT2D eigenvalue weighted by molar-refractivity contribution is -0.162. The Morgan fingerprint density at radius 3 is 2.60 bits per heavy atom. The minimum Gasteiger partial charge on any atom is -0.394 e. The minimum atomic E-state index is -4.39. The number of aromatic nitrogens is 6. The molecule has 9 nitrogen and oxygen atoms in total. The Balaban J connectivity index is 0.00000167. The van der Waals surface area contributed by atoms with E-state index in [1.165, 1.54) is 4.90 Å². The summed E-state index contributed by atoms with van der Waals surface area (Å²) in [6.07, 6.45) is 2.65. The third-order valence-electron chi connectivity index (χ3n) is 5.17. The summed E-state index contributed by atoms with van der Waals surface area (Å²) in [4.78, 5) is 10.2. The molecule has 0 saturated heterocycles. The quantitative estimate of drug-likeness (QED) is 0.313. The highest BCUT2D eigenvalue weighted by Crippen LogP contribution is 2.29. The topological polar surface area (TPSA) is 107 Å². The van der Waals surface area contributed by atoms with Crippen molar-refractivity contribution >= 4 is 28.0 Å². The van der Waals surface area contributed by atoms with E-state index >= 15 is 0 Å². The first kappa shape index (κ1) is 26.6. The zero-order chi connectivity index (χ0) is 25.8. The number of aliphatic hydroxyl groups excluding tert-OH is 1. The fourth-order valence-electron chi connectivity index (χ4n) is 3.36. The monoisotopic (exact) mass is 510 g/mol. The van der Waals surface area contributed by atoms with Crippen LogP contribution >= 0.6 is 11.5 Å². The van der Waals surface area contributed by atoms with E-state index in [0.29, 0.717) is 22.2 Å². The molecule has 3 N–H and O–H groups in total. The molecule has 4 rings (SSSR count). The van der Waals surface area contributed by atoms with Crippen LogP contribution in [-0.4, -0.2) is 63.8 Å². The molecule has 0 aliphatic carbocycles. The van der Waals surface area contributed by atoms with E-state index in [2.05, 4.69) is 29.9 Å². The van der Waals surface area contributed by atoms with E-state index < -0.39 is 24.9 Å². The number of halogens is 3. The van der Waals surface area contributed by atoms with Crippen molar-refractivity contribution in [3.8, 4) is 11.3 Å². The van der Waals surface area contributed by atoms with Crippen molar-refractivity contribution in [3.05, 3.63) is 42.2 Å². The number of aliphatic hydroxyl groups is 1.